The van der Waals surface area contributed by atoms with Crippen LogP contribution in [-0.4, -0.2) is 17.7 Å². The molecule has 0 atom stereocenters. The number of benzene rings is 1. The highest BCUT2D eigenvalue weighted by Crippen LogP contribution is 2.12. The van der Waals surface area contributed by atoms with E-state index in [0.717, 1.165) is 11.6 Å². The van der Waals surface area contributed by atoms with E-state index in [1.807, 2.05) is 12.1 Å². The summed E-state index contributed by atoms with van der Waals surface area (Å²) in [5, 5.41) is 8.67. The molecule has 0 heterocycles. The van der Waals surface area contributed by atoms with E-state index in [2.05, 4.69) is 6.58 Å². The molecular formula is C11H12O3. The Bertz CT molecular complexity index is 314. The number of aliphatic hydroxyl groups is 1. The van der Waals surface area contributed by atoms with Crippen molar-refractivity contribution in [3.63, 3.8) is 0 Å². The number of esters is 1. The average molecular weight is 192 g/mol. The fourth-order valence-electron chi connectivity index (χ4n) is 1.01. The molecule has 0 aromatic heterocycles. The van der Waals surface area contributed by atoms with Crippen molar-refractivity contribution in [3.05, 3.63) is 42.5 Å². The Morgan fingerprint density at radius 1 is 1.43 bits per heavy atom. The van der Waals surface area contributed by atoms with Crippen LogP contribution < -0.4 is 4.74 Å². The van der Waals surface area contributed by atoms with Gasteiger partial charge in [-0.3, -0.25) is 0 Å². The summed E-state index contributed by atoms with van der Waals surface area (Å²) in [6.07, 6.45) is 1.72. The summed E-state index contributed by atoms with van der Waals surface area (Å²) < 4.78 is 4.88. The quantitative estimate of drug-likeness (QED) is 0.444. The van der Waals surface area contributed by atoms with E-state index < -0.39 is 5.97 Å². The lowest BCUT2D eigenvalue weighted by Gasteiger charge is -2.02. The highest BCUT2D eigenvalue weighted by molar-refractivity contribution is 5.83. The van der Waals surface area contributed by atoms with E-state index in [1.54, 1.807) is 12.1 Å². The zero-order valence-corrected chi connectivity index (χ0v) is 7.77. The zero-order valence-electron chi connectivity index (χ0n) is 7.77. The first-order valence-electron chi connectivity index (χ1n) is 4.30. The standard InChI is InChI=1S/C11H12O3/c1-2-11(13)14-10-5-3-9(4-6-10)7-8-12/h2-6,12H,1,7-8H2. The molecule has 0 fully saturated rings. The predicted octanol–water partition coefficient (Wildman–Crippen LogP) is 1.31. The normalized spacial score (nSPS) is 9.50. The second-order valence-electron chi connectivity index (χ2n) is 2.74. The predicted molar refractivity (Wildman–Crippen MR) is 53.1 cm³/mol. The third-order valence-corrected chi connectivity index (χ3v) is 1.71. The molecule has 1 aromatic rings. The maximum absolute atomic E-state index is 10.8. The van der Waals surface area contributed by atoms with Gasteiger partial charge in [0.25, 0.3) is 0 Å². The molecule has 0 unspecified atom stereocenters. The average Bonchev–Trinajstić information content (AvgIpc) is 2.21. The minimum absolute atomic E-state index is 0.117. The number of ether oxygens (including phenoxy) is 1. The lowest BCUT2D eigenvalue weighted by molar-refractivity contribution is -0.128. The van der Waals surface area contributed by atoms with E-state index in [4.69, 9.17) is 9.84 Å². The summed E-state index contributed by atoms with van der Waals surface area (Å²) in [5.74, 6) is 0.0106. The molecule has 0 spiro atoms. The SMILES string of the molecule is C=CC(=O)Oc1ccc(CCO)cc1. The van der Waals surface area contributed by atoms with Crippen LogP contribution in [0.1, 0.15) is 5.56 Å². The lowest BCUT2D eigenvalue weighted by atomic mass is 10.1. The molecule has 3 heteroatoms. The Morgan fingerprint density at radius 3 is 2.57 bits per heavy atom. The number of aliphatic hydroxyl groups excluding tert-OH is 1. The van der Waals surface area contributed by atoms with Crippen molar-refractivity contribution in [1.82, 2.24) is 0 Å². The van der Waals surface area contributed by atoms with Crippen LogP contribution in [0.3, 0.4) is 0 Å². The number of carbonyl (C=O) groups is 1. The molecule has 0 bridgehead atoms. The lowest BCUT2D eigenvalue weighted by Crippen LogP contribution is -2.02. The molecule has 0 radical (unpaired) electrons. The summed E-state index contributed by atoms with van der Waals surface area (Å²) in [6.45, 7) is 3.41. The molecule has 0 saturated heterocycles. The third-order valence-electron chi connectivity index (χ3n) is 1.71. The smallest absolute Gasteiger partial charge is 0.335 e. The molecule has 0 aliphatic heterocycles. The first kappa shape index (κ1) is 10.5. The second-order valence-corrected chi connectivity index (χ2v) is 2.74. The molecule has 0 amide bonds. The van der Waals surface area contributed by atoms with Crippen molar-refractivity contribution in [2.45, 2.75) is 6.42 Å². The van der Waals surface area contributed by atoms with Gasteiger partial charge < -0.3 is 9.84 Å². The van der Waals surface area contributed by atoms with Crippen LogP contribution in [0.4, 0.5) is 0 Å². The van der Waals surface area contributed by atoms with E-state index in [1.165, 1.54) is 0 Å². The Hall–Kier alpha value is -1.61. The monoisotopic (exact) mass is 192 g/mol. The van der Waals surface area contributed by atoms with Crippen LogP contribution in [0.5, 0.6) is 5.75 Å². The van der Waals surface area contributed by atoms with Gasteiger partial charge in [0.15, 0.2) is 0 Å². The first-order chi connectivity index (χ1) is 6.76. The molecule has 74 valence electrons. The van der Waals surface area contributed by atoms with Crippen LogP contribution in [0.25, 0.3) is 0 Å². The number of rotatable bonds is 4. The summed E-state index contributed by atoms with van der Waals surface area (Å²) in [7, 11) is 0. The minimum atomic E-state index is -0.472. The van der Waals surface area contributed by atoms with Crippen LogP contribution in [-0.2, 0) is 11.2 Å². The van der Waals surface area contributed by atoms with E-state index in [-0.39, 0.29) is 6.61 Å². The molecule has 1 rings (SSSR count). The Morgan fingerprint density at radius 2 is 2.07 bits per heavy atom. The third kappa shape index (κ3) is 3.03. The van der Waals surface area contributed by atoms with Gasteiger partial charge in [0.2, 0.25) is 0 Å². The molecular weight excluding hydrogens is 180 g/mol. The second kappa shape index (κ2) is 5.19. The molecule has 3 nitrogen and oxygen atoms in total. The Labute approximate surface area is 82.6 Å². The van der Waals surface area contributed by atoms with Gasteiger partial charge in [-0.2, -0.15) is 0 Å². The molecule has 0 aliphatic carbocycles. The maximum Gasteiger partial charge on any atom is 0.335 e. The van der Waals surface area contributed by atoms with Gasteiger partial charge in [-0.25, -0.2) is 4.79 Å². The zero-order chi connectivity index (χ0) is 10.4. The summed E-state index contributed by atoms with van der Waals surface area (Å²) in [6, 6.07) is 6.99. The summed E-state index contributed by atoms with van der Waals surface area (Å²) >= 11 is 0. The Kier molecular flexibility index (Phi) is 3.88. The fourth-order valence-corrected chi connectivity index (χ4v) is 1.01. The van der Waals surface area contributed by atoms with Crippen LogP contribution >= 0.6 is 0 Å². The van der Waals surface area contributed by atoms with E-state index in [9.17, 15) is 4.79 Å². The Balaban J connectivity index is 2.63. The van der Waals surface area contributed by atoms with Gasteiger partial charge >= 0.3 is 5.97 Å². The summed E-state index contributed by atoms with van der Waals surface area (Å²) in [5.41, 5.74) is 1.01. The van der Waals surface area contributed by atoms with Gasteiger partial charge in [-0.15, -0.1) is 0 Å². The molecule has 1 N–H and O–H groups in total. The highest BCUT2D eigenvalue weighted by Gasteiger charge is 1.99. The first-order valence-corrected chi connectivity index (χ1v) is 4.30. The van der Waals surface area contributed by atoms with Crippen LogP contribution in [0.15, 0.2) is 36.9 Å². The van der Waals surface area contributed by atoms with Gasteiger partial charge in [0, 0.05) is 12.7 Å². The molecule has 0 saturated carbocycles. The van der Waals surface area contributed by atoms with Crippen LogP contribution in [0, 0.1) is 0 Å². The van der Waals surface area contributed by atoms with Crippen molar-refractivity contribution >= 4 is 5.97 Å². The van der Waals surface area contributed by atoms with Crippen molar-refractivity contribution in [2.24, 2.45) is 0 Å². The highest BCUT2D eigenvalue weighted by atomic mass is 16.5. The van der Waals surface area contributed by atoms with Gasteiger partial charge in [-0.1, -0.05) is 18.7 Å². The van der Waals surface area contributed by atoms with Gasteiger partial charge in [-0.05, 0) is 24.1 Å². The number of hydrogen-bond acceptors (Lipinski definition) is 3. The number of carbonyl (C=O) groups excluding carboxylic acids is 1. The van der Waals surface area contributed by atoms with Gasteiger partial charge in [0.05, 0.1) is 0 Å². The summed E-state index contributed by atoms with van der Waals surface area (Å²) in [4.78, 5) is 10.8. The fraction of sp³-hybridized carbons (Fsp3) is 0.182. The molecule has 14 heavy (non-hydrogen) atoms. The van der Waals surface area contributed by atoms with Crippen molar-refractivity contribution < 1.29 is 14.6 Å². The molecule has 0 aliphatic rings. The van der Waals surface area contributed by atoms with E-state index in [0.29, 0.717) is 12.2 Å². The van der Waals surface area contributed by atoms with Crippen molar-refractivity contribution in [2.75, 3.05) is 6.61 Å². The number of hydrogen-bond donors (Lipinski definition) is 1. The van der Waals surface area contributed by atoms with Crippen molar-refractivity contribution in [1.29, 1.82) is 0 Å². The van der Waals surface area contributed by atoms with E-state index >= 15 is 0 Å². The largest absolute Gasteiger partial charge is 0.423 e. The minimum Gasteiger partial charge on any atom is -0.423 e. The maximum atomic E-state index is 10.8. The molecule has 1 aromatic carbocycles. The van der Waals surface area contributed by atoms with Crippen molar-refractivity contribution in [3.8, 4) is 5.75 Å². The van der Waals surface area contributed by atoms with Gasteiger partial charge in [0.1, 0.15) is 5.75 Å². The van der Waals surface area contributed by atoms with Crippen LogP contribution in [0.2, 0.25) is 0 Å². The topological polar surface area (TPSA) is 46.5 Å².